The van der Waals surface area contributed by atoms with Crippen LogP contribution in [0.5, 0.6) is 0 Å². The van der Waals surface area contributed by atoms with E-state index in [-0.39, 0.29) is 0 Å². The van der Waals surface area contributed by atoms with Gasteiger partial charge in [-0.3, -0.25) is 0 Å². The van der Waals surface area contributed by atoms with Gasteiger partial charge in [-0.15, -0.1) is 0 Å². The number of alkyl halides is 2. The topological polar surface area (TPSA) is 40.5 Å². The summed E-state index contributed by atoms with van der Waals surface area (Å²) in [5, 5.41) is 16.1. The summed E-state index contributed by atoms with van der Waals surface area (Å²) in [7, 11) is 0. The zero-order chi connectivity index (χ0) is 7.00. The fraction of sp³-hybridized carbons (Fsp3) is 1.00. The number of hydrogen-bond acceptors (Lipinski definition) is 2. The molecule has 50 valence electrons. The third-order valence-corrected chi connectivity index (χ3v) is 0.833. The minimum Gasteiger partial charge on any atom is -0.358 e. The van der Waals surface area contributed by atoms with Crippen LogP contribution >= 0.6 is 0 Å². The first-order chi connectivity index (χ1) is 3.25. The fourth-order valence-electron chi connectivity index (χ4n) is 0. The van der Waals surface area contributed by atoms with Crippen LogP contribution in [0.15, 0.2) is 0 Å². The van der Waals surface area contributed by atoms with Crippen molar-refractivity contribution in [3.05, 3.63) is 0 Å². The molecule has 0 radical (unpaired) electrons. The van der Waals surface area contributed by atoms with Crippen molar-refractivity contribution in [3.8, 4) is 0 Å². The Bertz CT molecular complexity index is 67.0. The Morgan fingerprint density at radius 1 is 1.00 bits per heavy atom. The lowest BCUT2D eigenvalue weighted by Crippen LogP contribution is -2.42. The van der Waals surface area contributed by atoms with E-state index in [4.69, 9.17) is 10.2 Å². The molecule has 0 saturated carbocycles. The zero-order valence-corrected chi connectivity index (χ0v) is 4.65. The Morgan fingerprint density at radius 3 is 1.12 bits per heavy atom. The summed E-state index contributed by atoms with van der Waals surface area (Å²) in [4.78, 5) is 0. The monoisotopic (exact) mass is 126 g/mol. The third-order valence-electron chi connectivity index (χ3n) is 0.833. The summed E-state index contributed by atoms with van der Waals surface area (Å²) >= 11 is 0. The molecule has 0 heterocycles. The molecule has 2 N–H and O–H groups in total. The third kappa shape index (κ3) is 1.71. The Labute approximate surface area is 45.8 Å². The van der Waals surface area contributed by atoms with E-state index in [0.717, 1.165) is 0 Å². The SMILES string of the molecule is CC(O)(F)C(C)(O)F. The molecule has 0 aliphatic heterocycles. The molecule has 8 heavy (non-hydrogen) atoms. The summed E-state index contributed by atoms with van der Waals surface area (Å²) < 4.78 is 23.7. The van der Waals surface area contributed by atoms with Gasteiger partial charge in [-0.1, -0.05) is 0 Å². The number of rotatable bonds is 1. The molecule has 0 fully saturated rings. The quantitative estimate of drug-likeness (QED) is 0.532. The second-order valence-electron chi connectivity index (χ2n) is 1.91. The van der Waals surface area contributed by atoms with Gasteiger partial charge in [-0.25, -0.2) is 8.78 Å². The predicted octanol–water partition coefficient (Wildman–Crippen LogP) is 0.342. The van der Waals surface area contributed by atoms with Crippen molar-refractivity contribution < 1.29 is 19.0 Å². The number of aliphatic hydroxyl groups is 2. The molecular weight excluding hydrogens is 118 g/mol. The molecule has 0 aliphatic carbocycles. The largest absolute Gasteiger partial charge is 0.358 e. The normalized spacial score (nSPS) is 26.2. The minimum atomic E-state index is -3.17. The van der Waals surface area contributed by atoms with Gasteiger partial charge in [-0.05, 0) is 0 Å². The number of halogens is 2. The second-order valence-corrected chi connectivity index (χ2v) is 1.91. The van der Waals surface area contributed by atoms with Crippen LogP contribution in [0, 0.1) is 0 Å². The van der Waals surface area contributed by atoms with Crippen LogP contribution in [0.3, 0.4) is 0 Å². The van der Waals surface area contributed by atoms with Gasteiger partial charge in [0.1, 0.15) is 0 Å². The molecule has 2 nitrogen and oxygen atoms in total. The van der Waals surface area contributed by atoms with Gasteiger partial charge < -0.3 is 10.2 Å². The van der Waals surface area contributed by atoms with Gasteiger partial charge in [0, 0.05) is 13.8 Å². The van der Waals surface area contributed by atoms with Crippen LogP contribution in [0.4, 0.5) is 8.78 Å². The first kappa shape index (κ1) is 7.78. The highest BCUT2D eigenvalue weighted by atomic mass is 19.2. The average molecular weight is 126 g/mol. The summed E-state index contributed by atoms with van der Waals surface area (Å²) in [5.74, 6) is -6.35. The highest BCUT2D eigenvalue weighted by molar-refractivity contribution is 4.72. The van der Waals surface area contributed by atoms with E-state index in [1.165, 1.54) is 0 Å². The number of hydrogen-bond donors (Lipinski definition) is 2. The van der Waals surface area contributed by atoms with Crippen LogP contribution in [0.25, 0.3) is 0 Å². The van der Waals surface area contributed by atoms with E-state index in [0.29, 0.717) is 13.8 Å². The second kappa shape index (κ2) is 1.63. The van der Waals surface area contributed by atoms with Gasteiger partial charge in [0.05, 0.1) is 0 Å². The summed E-state index contributed by atoms with van der Waals surface area (Å²) in [5.41, 5.74) is 0. The zero-order valence-electron chi connectivity index (χ0n) is 4.65. The van der Waals surface area contributed by atoms with E-state index in [2.05, 4.69) is 0 Å². The van der Waals surface area contributed by atoms with E-state index in [1.54, 1.807) is 0 Å². The molecule has 2 atom stereocenters. The molecule has 0 amide bonds. The molecule has 0 bridgehead atoms. The van der Waals surface area contributed by atoms with E-state index < -0.39 is 11.7 Å². The minimum absolute atomic E-state index is 0.535. The molecule has 0 aromatic carbocycles. The predicted molar refractivity (Wildman–Crippen MR) is 23.5 cm³/mol. The maximum atomic E-state index is 11.8. The Balaban J connectivity index is 4.02. The van der Waals surface area contributed by atoms with E-state index in [9.17, 15) is 8.78 Å². The van der Waals surface area contributed by atoms with Gasteiger partial charge in [0.25, 0.3) is 11.7 Å². The lowest BCUT2D eigenvalue weighted by atomic mass is 10.2. The van der Waals surface area contributed by atoms with Crippen LogP contribution in [0.1, 0.15) is 13.8 Å². The first-order valence-electron chi connectivity index (χ1n) is 2.08. The molecular formula is C4H8F2O2. The van der Waals surface area contributed by atoms with E-state index >= 15 is 0 Å². The highest BCUT2D eigenvalue weighted by Crippen LogP contribution is 2.23. The summed E-state index contributed by atoms with van der Waals surface area (Å²) in [6.45, 7) is 1.07. The van der Waals surface area contributed by atoms with Crippen molar-refractivity contribution in [1.82, 2.24) is 0 Å². The lowest BCUT2D eigenvalue weighted by Gasteiger charge is -2.22. The smallest absolute Gasteiger partial charge is 0.262 e. The van der Waals surface area contributed by atoms with Crippen LogP contribution in [0.2, 0.25) is 0 Å². The summed E-state index contributed by atoms with van der Waals surface area (Å²) in [6.07, 6.45) is 0. The van der Waals surface area contributed by atoms with Crippen molar-refractivity contribution in [2.45, 2.75) is 25.6 Å². The van der Waals surface area contributed by atoms with Crippen LogP contribution in [-0.2, 0) is 0 Å². The Hall–Kier alpha value is -0.220. The van der Waals surface area contributed by atoms with Gasteiger partial charge in [0.15, 0.2) is 0 Å². The first-order valence-corrected chi connectivity index (χ1v) is 2.08. The molecule has 0 aromatic heterocycles. The molecule has 0 saturated heterocycles. The van der Waals surface area contributed by atoms with Crippen molar-refractivity contribution >= 4 is 0 Å². The van der Waals surface area contributed by atoms with Crippen molar-refractivity contribution in [2.75, 3.05) is 0 Å². The van der Waals surface area contributed by atoms with Crippen molar-refractivity contribution in [3.63, 3.8) is 0 Å². The maximum absolute atomic E-state index is 11.8. The maximum Gasteiger partial charge on any atom is 0.262 e. The lowest BCUT2D eigenvalue weighted by molar-refractivity contribution is -0.269. The average Bonchev–Trinajstić information content (AvgIpc) is 1.25. The molecule has 0 spiro atoms. The van der Waals surface area contributed by atoms with Gasteiger partial charge in [-0.2, -0.15) is 0 Å². The fourth-order valence-corrected chi connectivity index (χ4v) is 0. The van der Waals surface area contributed by atoms with Crippen molar-refractivity contribution in [1.29, 1.82) is 0 Å². The summed E-state index contributed by atoms with van der Waals surface area (Å²) in [6, 6.07) is 0. The molecule has 4 heteroatoms. The van der Waals surface area contributed by atoms with Crippen LogP contribution < -0.4 is 0 Å². The van der Waals surface area contributed by atoms with Crippen molar-refractivity contribution in [2.24, 2.45) is 0 Å². The van der Waals surface area contributed by atoms with Crippen LogP contribution in [-0.4, -0.2) is 21.9 Å². The highest BCUT2D eigenvalue weighted by Gasteiger charge is 2.42. The standard InChI is InChI=1S/C4H8F2O2/c1-3(5,7)4(2,6)8/h7-8H,1-2H3. The molecule has 2 unspecified atom stereocenters. The Morgan fingerprint density at radius 2 is 1.12 bits per heavy atom. The molecule has 0 aliphatic rings. The van der Waals surface area contributed by atoms with Gasteiger partial charge >= 0.3 is 0 Å². The van der Waals surface area contributed by atoms with Gasteiger partial charge in [0.2, 0.25) is 0 Å². The molecule has 0 aromatic rings. The Kier molecular flexibility index (Phi) is 1.59. The van der Waals surface area contributed by atoms with E-state index in [1.807, 2.05) is 0 Å². The molecule has 0 rings (SSSR count).